The van der Waals surface area contributed by atoms with E-state index in [-0.39, 0.29) is 11.9 Å². The molecule has 0 aliphatic rings. The SMILES string of the molecule is CCCCC(C)NC(=O)c1cc(N)ccc1OCCCCCN. The molecule has 5 N–H and O–H groups in total. The second-order valence-electron chi connectivity index (χ2n) is 5.97. The highest BCUT2D eigenvalue weighted by molar-refractivity contribution is 5.98. The Bertz CT molecular complexity index is 477. The largest absolute Gasteiger partial charge is 0.493 e. The van der Waals surface area contributed by atoms with Crippen molar-refractivity contribution in [3.05, 3.63) is 23.8 Å². The van der Waals surface area contributed by atoms with Gasteiger partial charge in [-0.2, -0.15) is 0 Å². The van der Waals surface area contributed by atoms with Gasteiger partial charge in [0.1, 0.15) is 5.75 Å². The van der Waals surface area contributed by atoms with E-state index in [0.29, 0.717) is 30.2 Å². The Kier molecular flexibility index (Phi) is 9.14. The van der Waals surface area contributed by atoms with Gasteiger partial charge in [0.05, 0.1) is 12.2 Å². The summed E-state index contributed by atoms with van der Waals surface area (Å²) >= 11 is 0. The van der Waals surface area contributed by atoms with Gasteiger partial charge in [-0.25, -0.2) is 0 Å². The normalized spacial score (nSPS) is 12.0. The fourth-order valence-corrected chi connectivity index (χ4v) is 2.34. The van der Waals surface area contributed by atoms with E-state index in [9.17, 15) is 4.79 Å². The second kappa shape index (κ2) is 10.9. The molecule has 0 radical (unpaired) electrons. The molecular weight excluding hydrogens is 290 g/mol. The van der Waals surface area contributed by atoms with E-state index in [1.165, 1.54) is 0 Å². The van der Waals surface area contributed by atoms with Crippen molar-refractivity contribution in [2.24, 2.45) is 5.73 Å². The van der Waals surface area contributed by atoms with Crippen molar-refractivity contribution >= 4 is 11.6 Å². The molecule has 1 unspecified atom stereocenters. The zero-order valence-corrected chi connectivity index (χ0v) is 14.4. The lowest BCUT2D eigenvalue weighted by Gasteiger charge is -2.16. The van der Waals surface area contributed by atoms with Gasteiger partial charge in [0.2, 0.25) is 0 Å². The Morgan fingerprint density at radius 2 is 2.04 bits per heavy atom. The minimum Gasteiger partial charge on any atom is -0.493 e. The van der Waals surface area contributed by atoms with Crippen molar-refractivity contribution in [1.29, 1.82) is 0 Å². The summed E-state index contributed by atoms with van der Waals surface area (Å²) in [5, 5.41) is 3.02. The minimum absolute atomic E-state index is 0.127. The Labute approximate surface area is 139 Å². The third-order valence-electron chi connectivity index (χ3n) is 3.72. The van der Waals surface area contributed by atoms with Gasteiger partial charge < -0.3 is 21.5 Å². The van der Waals surface area contributed by atoms with Gasteiger partial charge in [0.25, 0.3) is 5.91 Å². The molecule has 0 spiro atoms. The Morgan fingerprint density at radius 3 is 2.74 bits per heavy atom. The van der Waals surface area contributed by atoms with Crippen LogP contribution in [0.2, 0.25) is 0 Å². The number of anilines is 1. The standard InChI is InChI=1S/C18H31N3O2/c1-3-4-8-14(2)21-18(22)16-13-15(20)9-10-17(16)23-12-7-5-6-11-19/h9-10,13-14H,3-8,11-12,19-20H2,1-2H3,(H,21,22). The molecule has 130 valence electrons. The average Bonchev–Trinajstić information content (AvgIpc) is 2.53. The molecular formula is C18H31N3O2. The smallest absolute Gasteiger partial charge is 0.255 e. The third kappa shape index (κ3) is 7.37. The topological polar surface area (TPSA) is 90.4 Å². The van der Waals surface area contributed by atoms with E-state index in [2.05, 4.69) is 12.2 Å². The molecule has 0 fully saturated rings. The number of carbonyl (C=O) groups excluding carboxylic acids is 1. The van der Waals surface area contributed by atoms with Gasteiger partial charge in [0, 0.05) is 11.7 Å². The quantitative estimate of drug-likeness (QED) is 0.431. The van der Waals surface area contributed by atoms with Crippen molar-refractivity contribution in [3.8, 4) is 5.75 Å². The van der Waals surface area contributed by atoms with Crippen molar-refractivity contribution in [2.75, 3.05) is 18.9 Å². The molecule has 0 aromatic heterocycles. The molecule has 23 heavy (non-hydrogen) atoms. The van der Waals surface area contributed by atoms with E-state index in [1.54, 1.807) is 18.2 Å². The molecule has 0 aliphatic heterocycles. The number of rotatable bonds is 11. The van der Waals surface area contributed by atoms with Crippen LogP contribution in [-0.4, -0.2) is 25.1 Å². The van der Waals surface area contributed by atoms with E-state index >= 15 is 0 Å². The maximum absolute atomic E-state index is 12.5. The minimum atomic E-state index is -0.127. The molecule has 1 amide bonds. The van der Waals surface area contributed by atoms with Gasteiger partial charge in [0.15, 0.2) is 0 Å². The van der Waals surface area contributed by atoms with Crippen LogP contribution in [0.5, 0.6) is 5.75 Å². The van der Waals surface area contributed by atoms with Crippen molar-refractivity contribution in [1.82, 2.24) is 5.32 Å². The predicted octanol–water partition coefficient (Wildman–Crippen LogP) is 3.09. The van der Waals surface area contributed by atoms with E-state index < -0.39 is 0 Å². The predicted molar refractivity (Wildman–Crippen MR) is 95.7 cm³/mol. The van der Waals surface area contributed by atoms with E-state index in [4.69, 9.17) is 16.2 Å². The number of ether oxygens (including phenoxy) is 1. The lowest BCUT2D eigenvalue weighted by Crippen LogP contribution is -2.32. The van der Waals surface area contributed by atoms with Crippen molar-refractivity contribution in [2.45, 2.75) is 58.4 Å². The zero-order valence-electron chi connectivity index (χ0n) is 14.4. The van der Waals surface area contributed by atoms with Crippen LogP contribution in [0.15, 0.2) is 18.2 Å². The molecule has 1 rings (SSSR count). The van der Waals surface area contributed by atoms with E-state index in [1.807, 2.05) is 6.92 Å². The van der Waals surface area contributed by atoms with Crippen molar-refractivity contribution in [3.63, 3.8) is 0 Å². The summed E-state index contributed by atoms with van der Waals surface area (Å²) in [6, 6.07) is 5.34. The molecule has 0 heterocycles. The first-order valence-corrected chi connectivity index (χ1v) is 8.61. The van der Waals surface area contributed by atoms with Gasteiger partial charge in [-0.1, -0.05) is 19.8 Å². The molecule has 5 heteroatoms. The number of nitrogen functional groups attached to an aromatic ring is 1. The lowest BCUT2D eigenvalue weighted by molar-refractivity contribution is 0.0934. The molecule has 0 saturated carbocycles. The number of benzene rings is 1. The summed E-state index contributed by atoms with van der Waals surface area (Å²) in [6.45, 7) is 5.44. The summed E-state index contributed by atoms with van der Waals surface area (Å²) in [4.78, 5) is 12.5. The Hall–Kier alpha value is -1.75. The maximum atomic E-state index is 12.5. The Morgan fingerprint density at radius 1 is 1.26 bits per heavy atom. The first kappa shape index (κ1) is 19.3. The van der Waals surface area contributed by atoms with Crippen LogP contribution < -0.4 is 21.5 Å². The number of hydrogen-bond acceptors (Lipinski definition) is 4. The highest BCUT2D eigenvalue weighted by Gasteiger charge is 2.15. The number of nitrogens with two attached hydrogens (primary N) is 2. The molecule has 5 nitrogen and oxygen atoms in total. The number of amides is 1. The number of carbonyl (C=O) groups is 1. The summed E-state index contributed by atoms with van der Waals surface area (Å²) in [7, 11) is 0. The highest BCUT2D eigenvalue weighted by Crippen LogP contribution is 2.22. The summed E-state index contributed by atoms with van der Waals surface area (Å²) in [5.41, 5.74) is 12.4. The zero-order chi connectivity index (χ0) is 17.1. The van der Waals surface area contributed by atoms with Gasteiger partial charge in [-0.05, 0) is 57.4 Å². The van der Waals surface area contributed by atoms with Crippen LogP contribution in [-0.2, 0) is 0 Å². The summed E-state index contributed by atoms with van der Waals surface area (Å²) < 4.78 is 5.77. The summed E-state index contributed by atoms with van der Waals surface area (Å²) in [6.07, 6.45) is 6.14. The Balaban J connectivity index is 2.64. The van der Waals surface area contributed by atoms with Gasteiger partial charge in [-0.3, -0.25) is 4.79 Å². The first-order valence-electron chi connectivity index (χ1n) is 8.61. The molecule has 1 aromatic carbocycles. The number of hydrogen-bond donors (Lipinski definition) is 3. The average molecular weight is 321 g/mol. The number of unbranched alkanes of at least 4 members (excludes halogenated alkanes) is 3. The van der Waals surface area contributed by atoms with Gasteiger partial charge >= 0.3 is 0 Å². The fourth-order valence-electron chi connectivity index (χ4n) is 2.34. The van der Waals surface area contributed by atoms with Crippen molar-refractivity contribution < 1.29 is 9.53 Å². The fraction of sp³-hybridized carbons (Fsp3) is 0.611. The van der Waals surface area contributed by atoms with Gasteiger partial charge in [-0.15, -0.1) is 0 Å². The third-order valence-corrected chi connectivity index (χ3v) is 3.72. The van der Waals surface area contributed by atoms with Crippen LogP contribution in [0.4, 0.5) is 5.69 Å². The van der Waals surface area contributed by atoms with Crippen LogP contribution in [0.3, 0.4) is 0 Å². The molecule has 0 aliphatic carbocycles. The molecule has 0 saturated heterocycles. The molecule has 1 atom stereocenters. The summed E-state index contributed by atoms with van der Waals surface area (Å²) in [5.74, 6) is 0.463. The van der Waals surface area contributed by atoms with Crippen LogP contribution in [0, 0.1) is 0 Å². The monoisotopic (exact) mass is 321 g/mol. The first-order chi connectivity index (χ1) is 11.1. The number of nitrogens with one attached hydrogen (secondary N) is 1. The molecule has 0 bridgehead atoms. The lowest BCUT2D eigenvalue weighted by atomic mass is 10.1. The second-order valence-corrected chi connectivity index (χ2v) is 5.97. The maximum Gasteiger partial charge on any atom is 0.255 e. The van der Waals surface area contributed by atoms with Crippen LogP contribution in [0.25, 0.3) is 0 Å². The van der Waals surface area contributed by atoms with Crippen LogP contribution >= 0.6 is 0 Å². The highest BCUT2D eigenvalue weighted by atomic mass is 16.5. The van der Waals surface area contributed by atoms with E-state index in [0.717, 1.165) is 38.5 Å². The van der Waals surface area contributed by atoms with Crippen LogP contribution in [0.1, 0.15) is 62.7 Å². The molecule has 1 aromatic rings.